The Kier molecular flexibility index (Phi) is 3.58. The molecular formula is C17H21ClN4O. The number of rotatable bonds is 4. The van der Waals surface area contributed by atoms with E-state index in [0.717, 1.165) is 43.1 Å². The summed E-state index contributed by atoms with van der Waals surface area (Å²) in [5.41, 5.74) is 1.21. The Hall–Kier alpha value is -1.59. The van der Waals surface area contributed by atoms with Gasteiger partial charge in [0.25, 0.3) is 0 Å². The van der Waals surface area contributed by atoms with Crippen molar-refractivity contribution in [1.29, 1.82) is 5.41 Å². The third-order valence-corrected chi connectivity index (χ3v) is 5.38. The van der Waals surface area contributed by atoms with Crippen molar-refractivity contribution >= 4 is 34.4 Å². The van der Waals surface area contributed by atoms with Crippen LogP contribution in [0.5, 0.6) is 0 Å². The van der Waals surface area contributed by atoms with Crippen molar-refractivity contribution in [2.24, 2.45) is 0 Å². The molecule has 3 N–H and O–H groups in total. The summed E-state index contributed by atoms with van der Waals surface area (Å²) in [6.07, 6.45) is 6.46. The van der Waals surface area contributed by atoms with Gasteiger partial charge < -0.3 is 15.0 Å². The lowest BCUT2D eigenvalue weighted by atomic mass is 9.77. The summed E-state index contributed by atoms with van der Waals surface area (Å²) in [6.45, 7) is 0. The summed E-state index contributed by atoms with van der Waals surface area (Å²) < 4.78 is 2.17. The quantitative estimate of drug-likeness (QED) is 0.582. The minimum Gasteiger partial charge on any atom is -0.389 e. The maximum Gasteiger partial charge on any atom is 0.209 e. The topological polar surface area (TPSA) is 73.9 Å². The zero-order valence-electron chi connectivity index (χ0n) is 13.0. The highest BCUT2D eigenvalue weighted by atomic mass is 35.5. The molecule has 122 valence electrons. The van der Waals surface area contributed by atoms with E-state index in [1.54, 1.807) is 0 Å². The van der Waals surface area contributed by atoms with Gasteiger partial charge in [-0.1, -0.05) is 11.6 Å². The van der Waals surface area contributed by atoms with Gasteiger partial charge in [-0.25, -0.2) is 4.98 Å². The second-order valence-electron chi connectivity index (χ2n) is 6.88. The third kappa shape index (κ3) is 2.72. The fourth-order valence-electron chi connectivity index (χ4n) is 3.44. The van der Waals surface area contributed by atoms with Crippen LogP contribution in [0.2, 0.25) is 5.02 Å². The molecule has 2 aliphatic carbocycles. The molecule has 5 nitrogen and oxygen atoms in total. The molecule has 4 rings (SSSR count). The van der Waals surface area contributed by atoms with Crippen LogP contribution in [0.25, 0.3) is 11.0 Å². The number of imidazole rings is 1. The van der Waals surface area contributed by atoms with Crippen molar-refractivity contribution in [2.45, 2.75) is 56.6 Å². The number of nitrogens with zero attached hydrogens (tertiary/aromatic N) is 2. The van der Waals surface area contributed by atoms with Crippen LogP contribution in [-0.4, -0.2) is 26.1 Å². The van der Waals surface area contributed by atoms with Crippen LogP contribution in [0, 0.1) is 5.41 Å². The summed E-state index contributed by atoms with van der Waals surface area (Å²) in [4.78, 5) is 4.64. The molecule has 1 heterocycles. The van der Waals surface area contributed by atoms with Crippen molar-refractivity contribution in [3.63, 3.8) is 0 Å². The molecule has 0 atom stereocenters. The number of anilines is 1. The smallest absolute Gasteiger partial charge is 0.209 e. The van der Waals surface area contributed by atoms with E-state index in [-0.39, 0.29) is 0 Å². The minimum atomic E-state index is -0.694. The maximum atomic E-state index is 10.2. The monoisotopic (exact) mass is 332 g/mol. The lowest BCUT2D eigenvalue weighted by Gasteiger charge is -2.36. The number of aromatic nitrogens is 2. The van der Waals surface area contributed by atoms with E-state index in [4.69, 9.17) is 17.0 Å². The Morgan fingerprint density at radius 2 is 2.17 bits per heavy atom. The number of amidine groups is 1. The van der Waals surface area contributed by atoms with Crippen LogP contribution < -0.4 is 5.32 Å². The van der Waals surface area contributed by atoms with Gasteiger partial charge in [0, 0.05) is 17.5 Å². The van der Waals surface area contributed by atoms with E-state index in [2.05, 4.69) is 14.9 Å². The van der Waals surface area contributed by atoms with Crippen LogP contribution in [0.15, 0.2) is 18.2 Å². The molecule has 0 amide bonds. The first kappa shape index (κ1) is 15.0. The first-order chi connectivity index (χ1) is 11.0. The molecule has 2 aliphatic rings. The minimum absolute atomic E-state index is 0.328. The lowest BCUT2D eigenvalue weighted by Crippen LogP contribution is -2.40. The summed E-state index contributed by atoms with van der Waals surface area (Å²) >= 11 is 6.15. The predicted molar refractivity (Wildman–Crippen MR) is 92.4 cm³/mol. The molecule has 0 spiro atoms. The largest absolute Gasteiger partial charge is 0.389 e. The zero-order valence-corrected chi connectivity index (χ0v) is 13.7. The van der Waals surface area contributed by atoms with Gasteiger partial charge in [-0.3, -0.25) is 5.41 Å². The molecule has 0 unspecified atom stereocenters. The van der Waals surface area contributed by atoms with Gasteiger partial charge >= 0.3 is 0 Å². The summed E-state index contributed by atoms with van der Waals surface area (Å²) in [6, 6.07) is 6.12. The van der Waals surface area contributed by atoms with E-state index in [0.29, 0.717) is 29.3 Å². The highest BCUT2D eigenvalue weighted by molar-refractivity contribution is 6.31. The average Bonchev–Trinajstić information content (AvgIpc) is 2.73. The number of aliphatic hydroxyl groups is 1. The number of fused-ring (bicyclic) bond motifs is 1. The van der Waals surface area contributed by atoms with Gasteiger partial charge in [0.1, 0.15) is 5.84 Å². The van der Waals surface area contributed by atoms with E-state index < -0.39 is 5.60 Å². The first-order valence-corrected chi connectivity index (χ1v) is 8.66. The van der Waals surface area contributed by atoms with Crippen molar-refractivity contribution in [2.75, 3.05) is 5.32 Å². The molecule has 1 aromatic heterocycles. The Bertz CT molecular complexity index is 761. The van der Waals surface area contributed by atoms with Gasteiger partial charge in [0.15, 0.2) is 0 Å². The SMILES string of the molecule is N=C(CC1(O)CCC1)Nc1nc2ccc(Cl)cc2n1C1CCC1. The molecule has 2 saturated carbocycles. The number of benzene rings is 1. The molecule has 2 fully saturated rings. The van der Waals surface area contributed by atoms with E-state index >= 15 is 0 Å². The summed E-state index contributed by atoms with van der Waals surface area (Å²) in [7, 11) is 0. The van der Waals surface area contributed by atoms with E-state index in [9.17, 15) is 5.11 Å². The zero-order chi connectivity index (χ0) is 16.0. The Labute approximate surface area is 140 Å². The van der Waals surface area contributed by atoms with Gasteiger partial charge in [-0.2, -0.15) is 0 Å². The molecule has 0 radical (unpaired) electrons. The van der Waals surface area contributed by atoms with Crippen LogP contribution in [0.4, 0.5) is 5.95 Å². The van der Waals surface area contributed by atoms with Crippen molar-refractivity contribution in [3.8, 4) is 0 Å². The Morgan fingerprint density at radius 1 is 1.39 bits per heavy atom. The lowest BCUT2D eigenvalue weighted by molar-refractivity contribution is -0.0260. The molecule has 0 bridgehead atoms. The number of hydrogen-bond acceptors (Lipinski definition) is 3. The molecule has 6 heteroatoms. The summed E-state index contributed by atoms with van der Waals surface area (Å²) in [5.74, 6) is 1.02. The van der Waals surface area contributed by atoms with E-state index in [1.807, 2.05) is 18.2 Å². The Balaban J connectivity index is 1.64. The van der Waals surface area contributed by atoms with E-state index in [1.165, 1.54) is 6.42 Å². The van der Waals surface area contributed by atoms with Gasteiger partial charge in [0.2, 0.25) is 5.95 Å². The number of halogens is 1. The van der Waals surface area contributed by atoms with Gasteiger partial charge in [0.05, 0.1) is 16.6 Å². The van der Waals surface area contributed by atoms with Crippen molar-refractivity contribution in [1.82, 2.24) is 9.55 Å². The Morgan fingerprint density at radius 3 is 2.78 bits per heavy atom. The number of hydrogen-bond donors (Lipinski definition) is 3. The molecular weight excluding hydrogens is 312 g/mol. The van der Waals surface area contributed by atoms with Crippen LogP contribution >= 0.6 is 11.6 Å². The molecule has 0 saturated heterocycles. The average molecular weight is 333 g/mol. The maximum absolute atomic E-state index is 10.2. The first-order valence-electron chi connectivity index (χ1n) is 8.28. The molecule has 0 aliphatic heterocycles. The standard InChI is InChI=1S/C17H21ClN4O/c18-11-5-6-13-14(9-11)22(12-3-1-4-12)16(20-13)21-15(19)10-17(23)7-2-8-17/h5-6,9,12,23H,1-4,7-8,10H2,(H2,19,20,21). The van der Waals surface area contributed by atoms with Gasteiger partial charge in [-0.15, -0.1) is 0 Å². The second kappa shape index (κ2) is 5.49. The second-order valence-corrected chi connectivity index (χ2v) is 7.32. The van der Waals surface area contributed by atoms with Gasteiger partial charge in [-0.05, 0) is 56.7 Å². The van der Waals surface area contributed by atoms with Crippen LogP contribution in [0.1, 0.15) is 51.0 Å². The summed E-state index contributed by atoms with van der Waals surface area (Å²) in [5, 5.41) is 22.3. The highest BCUT2D eigenvalue weighted by Crippen LogP contribution is 2.38. The molecule has 23 heavy (non-hydrogen) atoms. The highest BCUT2D eigenvalue weighted by Gasteiger charge is 2.35. The van der Waals surface area contributed by atoms with Crippen LogP contribution in [-0.2, 0) is 0 Å². The fourth-order valence-corrected chi connectivity index (χ4v) is 3.61. The number of nitrogens with one attached hydrogen (secondary N) is 2. The van der Waals surface area contributed by atoms with Crippen molar-refractivity contribution < 1.29 is 5.11 Å². The van der Waals surface area contributed by atoms with Crippen molar-refractivity contribution in [3.05, 3.63) is 23.2 Å². The fraction of sp³-hybridized carbons (Fsp3) is 0.529. The molecule has 1 aromatic carbocycles. The van der Waals surface area contributed by atoms with Crippen LogP contribution in [0.3, 0.4) is 0 Å². The third-order valence-electron chi connectivity index (χ3n) is 5.14. The predicted octanol–water partition coefficient (Wildman–Crippen LogP) is 4.11. The molecule has 2 aromatic rings. The normalized spacial score (nSPS) is 20.1.